The number of alkyl halides is 3. The molecule has 2 atom stereocenters. The summed E-state index contributed by atoms with van der Waals surface area (Å²) < 4.78 is 42.1. The molecule has 4 nitrogen and oxygen atoms in total. The van der Waals surface area contributed by atoms with Crippen LogP contribution in [0.15, 0.2) is 5.10 Å². The van der Waals surface area contributed by atoms with Crippen LogP contribution in [0, 0.1) is 0 Å². The van der Waals surface area contributed by atoms with Crippen LogP contribution in [0.2, 0.25) is 0 Å². The minimum absolute atomic E-state index is 0.0136. The number of hydrogen-bond acceptors (Lipinski definition) is 4. The molecule has 0 saturated carbocycles. The highest BCUT2D eigenvalue weighted by Crippen LogP contribution is 2.29. The van der Waals surface area contributed by atoms with Crippen LogP contribution < -0.4 is 0 Å². The molecular weight excluding hydrogens is 237 g/mol. The zero-order chi connectivity index (χ0) is 13.1. The molecule has 1 rings (SSSR count). The van der Waals surface area contributed by atoms with Gasteiger partial charge in [-0.25, -0.2) is 0 Å². The van der Waals surface area contributed by atoms with E-state index in [-0.39, 0.29) is 6.04 Å². The molecule has 1 aliphatic rings. The van der Waals surface area contributed by atoms with Crippen molar-refractivity contribution in [2.24, 2.45) is 5.10 Å². The van der Waals surface area contributed by atoms with E-state index < -0.39 is 11.8 Å². The second-order valence-electron chi connectivity index (χ2n) is 4.30. The van der Waals surface area contributed by atoms with Gasteiger partial charge in [0.15, 0.2) is 5.60 Å². The fourth-order valence-corrected chi connectivity index (χ4v) is 1.59. The molecule has 0 aromatic heterocycles. The van der Waals surface area contributed by atoms with E-state index >= 15 is 0 Å². The molecule has 0 unspecified atom stereocenters. The first-order valence-electron chi connectivity index (χ1n) is 5.38. The topological polar surface area (TPSA) is 45.1 Å². The Kier molecular flexibility index (Phi) is 4.37. The van der Waals surface area contributed by atoms with Crippen molar-refractivity contribution >= 4 is 6.21 Å². The van der Waals surface area contributed by atoms with Gasteiger partial charge in [-0.05, 0) is 19.8 Å². The molecule has 1 heterocycles. The average molecular weight is 254 g/mol. The molecule has 0 aromatic rings. The SMILES string of the molecule is COC[C@@H]1CCCN1/N=C/[C@@](C)(O)C(F)(F)F. The summed E-state index contributed by atoms with van der Waals surface area (Å²) in [5.41, 5.74) is -2.90. The predicted octanol–water partition coefficient (Wildman–Crippen LogP) is 1.40. The maximum atomic E-state index is 12.4. The Labute approximate surface area is 98.0 Å². The van der Waals surface area contributed by atoms with Crippen molar-refractivity contribution in [3.05, 3.63) is 0 Å². The summed E-state index contributed by atoms with van der Waals surface area (Å²) in [6.45, 7) is 1.68. The third-order valence-corrected chi connectivity index (χ3v) is 2.74. The Hall–Kier alpha value is -0.820. The molecule has 100 valence electrons. The summed E-state index contributed by atoms with van der Waals surface area (Å²) in [7, 11) is 1.53. The quantitative estimate of drug-likeness (QED) is 0.771. The van der Waals surface area contributed by atoms with Crippen LogP contribution in [0.5, 0.6) is 0 Å². The van der Waals surface area contributed by atoms with E-state index in [1.807, 2.05) is 0 Å². The van der Waals surface area contributed by atoms with Crippen LogP contribution in [0.1, 0.15) is 19.8 Å². The fourth-order valence-electron chi connectivity index (χ4n) is 1.59. The monoisotopic (exact) mass is 254 g/mol. The molecule has 1 aliphatic heterocycles. The van der Waals surface area contributed by atoms with Crippen molar-refractivity contribution in [2.75, 3.05) is 20.3 Å². The van der Waals surface area contributed by atoms with Gasteiger partial charge in [-0.2, -0.15) is 18.3 Å². The number of aliphatic hydroxyl groups is 1. The van der Waals surface area contributed by atoms with E-state index in [2.05, 4.69) is 5.10 Å². The standard InChI is InChI=1S/C10H17F3N2O2/c1-9(16,10(11,12)13)7-14-15-5-3-4-8(15)6-17-2/h7-8,16H,3-6H2,1-2H3/b14-7+/t8-,9+/m0/s1. The van der Waals surface area contributed by atoms with Gasteiger partial charge in [-0.15, -0.1) is 0 Å². The number of rotatable bonds is 4. The van der Waals surface area contributed by atoms with E-state index in [0.717, 1.165) is 12.8 Å². The lowest BCUT2D eigenvalue weighted by molar-refractivity contribution is -0.222. The lowest BCUT2D eigenvalue weighted by Crippen LogP contribution is -2.44. The van der Waals surface area contributed by atoms with E-state index in [4.69, 9.17) is 4.74 Å². The lowest BCUT2D eigenvalue weighted by Gasteiger charge is -2.25. The summed E-state index contributed by atoms with van der Waals surface area (Å²) in [4.78, 5) is 0. The van der Waals surface area contributed by atoms with Crippen LogP contribution in [-0.2, 0) is 4.74 Å². The predicted molar refractivity (Wildman–Crippen MR) is 56.8 cm³/mol. The Bertz CT molecular complexity index is 279. The van der Waals surface area contributed by atoms with Gasteiger partial charge in [0.2, 0.25) is 0 Å². The lowest BCUT2D eigenvalue weighted by atomic mass is 10.1. The van der Waals surface area contributed by atoms with E-state index in [1.54, 1.807) is 0 Å². The molecule has 1 fully saturated rings. The van der Waals surface area contributed by atoms with Crippen molar-refractivity contribution in [1.29, 1.82) is 0 Å². The second kappa shape index (κ2) is 5.22. The average Bonchev–Trinajstić information content (AvgIpc) is 2.61. The molecule has 0 spiro atoms. The normalized spacial score (nSPS) is 25.5. The number of ether oxygens (including phenoxy) is 1. The molecule has 0 amide bonds. The summed E-state index contributed by atoms with van der Waals surface area (Å²) in [5.74, 6) is 0. The molecule has 0 aliphatic carbocycles. The minimum atomic E-state index is -4.72. The van der Waals surface area contributed by atoms with Crippen LogP contribution >= 0.6 is 0 Å². The Balaban J connectivity index is 2.64. The van der Waals surface area contributed by atoms with Gasteiger partial charge in [-0.3, -0.25) is 5.01 Å². The highest BCUT2D eigenvalue weighted by Gasteiger charge is 2.49. The molecule has 0 aromatic carbocycles. The molecule has 1 saturated heterocycles. The first-order chi connectivity index (χ1) is 7.78. The number of nitrogens with zero attached hydrogens (tertiary/aromatic N) is 2. The minimum Gasteiger partial charge on any atom is -0.382 e. The number of hydrogen-bond donors (Lipinski definition) is 1. The highest BCUT2D eigenvalue weighted by molar-refractivity contribution is 5.68. The third kappa shape index (κ3) is 3.57. The van der Waals surface area contributed by atoms with Gasteiger partial charge in [0.25, 0.3) is 0 Å². The molecular formula is C10H17F3N2O2. The van der Waals surface area contributed by atoms with Crippen LogP contribution in [0.25, 0.3) is 0 Å². The maximum Gasteiger partial charge on any atom is 0.422 e. The second-order valence-corrected chi connectivity index (χ2v) is 4.30. The number of methoxy groups -OCH3 is 1. The number of halogens is 3. The maximum absolute atomic E-state index is 12.4. The Morgan fingerprint density at radius 1 is 1.53 bits per heavy atom. The zero-order valence-electron chi connectivity index (χ0n) is 9.87. The highest BCUT2D eigenvalue weighted by atomic mass is 19.4. The van der Waals surface area contributed by atoms with Crippen LogP contribution in [0.3, 0.4) is 0 Å². The molecule has 0 radical (unpaired) electrons. The van der Waals surface area contributed by atoms with Crippen molar-refractivity contribution in [3.63, 3.8) is 0 Å². The first kappa shape index (κ1) is 14.2. The summed E-state index contributed by atoms with van der Waals surface area (Å²) in [6.07, 6.45) is -2.48. The third-order valence-electron chi connectivity index (χ3n) is 2.74. The van der Waals surface area contributed by atoms with Crippen molar-refractivity contribution in [2.45, 2.75) is 37.6 Å². The van der Waals surface area contributed by atoms with E-state index in [9.17, 15) is 18.3 Å². The summed E-state index contributed by atoms with van der Waals surface area (Å²) in [5, 5.41) is 14.4. The fraction of sp³-hybridized carbons (Fsp3) is 0.900. The summed E-state index contributed by atoms with van der Waals surface area (Å²) >= 11 is 0. The Morgan fingerprint density at radius 2 is 2.18 bits per heavy atom. The van der Waals surface area contributed by atoms with E-state index in [1.165, 1.54) is 12.1 Å². The van der Waals surface area contributed by atoms with Crippen molar-refractivity contribution in [1.82, 2.24) is 5.01 Å². The largest absolute Gasteiger partial charge is 0.422 e. The van der Waals surface area contributed by atoms with E-state index in [0.29, 0.717) is 26.3 Å². The van der Waals surface area contributed by atoms with Gasteiger partial charge in [0.1, 0.15) is 0 Å². The molecule has 0 bridgehead atoms. The molecule has 7 heteroatoms. The first-order valence-corrected chi connectivity index (χ1v) is 5.38. The Morgan fingerprint density at radius 3 is 2.71 bits per heavy atom. The van der Waals surface area contributed by atoms with Crippen molar-refractivity contribution < 1.29 is 23.0 Å². The number of hydrazone groups is 1. The van der Waals surface area contributed by atoms with Crippen LogP contribution in [0.4, 0.5) is 13.2 Å². The van der Waals surface area contributed by atoms with Gasteiger partial charge >= 0.3 is 6.18 Å². The van der Waals surface area contributed by atoms with Gasteiger partial charge in [-0.1, -0.05) is 0 Å². The van der Waals surface area contributed by atoms with Crippen molar-refractivity contribution in [3.8, 4) is 0 Å². The van der Waals surface area contributed by atoms with Gasteiger partial charge in [0, 0.05) is 13.7 Å². The summed E-state index contributed by atoms with van der Waals surface area (Å²) in [6, 6.07) is -0.0136. The molecule has 17 heavy (non-hydrogen) atoms. The smallest absolute Gasteiger partial charge is 0.382 e. The van der Waals surface area contributed by atoms with Gasteiger partial charge < -0.3 is 9.84 Å². The zero-order valence-corrected chi connectivity index (χ0v) is 9.87. The van der Waals surface area contributed by atoms with Crippen LogP contribution in [-0.4, -0.2) is 54.4 Å². The molecule has 1 N–H and O–H groups in total. The van der Waals surface area contributed by atoms with Gasteiger partial charge in [0.05, 0.1) is 18.9 Å².